The minimum Gasteiger partial charge on any atom is -0.372 e. The molecule has 1 aromatic heterocycles. The van der Waals surface area contributed by atoms with Gasteiger partial charge in [0.1, 0.15) is 11.6 Å². The predicted molar refractivity (Wildman–Crippen MR) is 75.1 cm³/mol. The molecule has 16 heavy (non-hydrogen) atoms. The largest absolute Gasteiger partial charge is 0.372 e. The molecule has 0 radical (unpaired) electrons. The maximum absolute atomic E-state index is 4.55. The Morgan fingerprint density at radius 1 is 1.31 bits per heavy atom. The lowest BCUT2D eigenvalue weighted by atomic mass is 10.3. The molecule has 5 heteroatoms. The zero-order valence-electron chi connectivity index (χ0n) is 10.0. The molecule has 0 amide bonds. The van der Waals surface area contributed by atoms with Crippen LogP contribution in [0.2, 0.25) is 0 Å². The standard InChI is InChI=1S/C11H18BrN3S/c1-4-6-16-7-9-14-8(5-2)10(12)11(13-3)15-9/h4-7H2,1-3H3,(H,13,14,15). The summed E-state index contributed by atoms with van der Waals surface area (Å²) in [6.07, 6.45) is 2.12. The van der Waals surface area contributed by atoms with Gasteiger partial charge in [0.15, 0.2) is 0 Å². The van der Waals surface area contributed by atoms with Crippen molar-refractivity contribution in [2.45, 2.75) is 32.4 Å². The summed E-state index contributed by atoms with van der Waals surface area (Å²) >= 11 is 5.41. The van der Waals surface area contributed by atoms with E-state index < -0.39 is 0 Å². The molecule has 1 rings (SSSR count). The Kier molecular flexibility index (Phi) is 6.13. The van der Waals surface area contributed by atoms with Crippen molar-refractivity contribution in [2.75, 3.05) is 18.1 Å². The molecule has 1 heterocycles. The van der Waals surface area contributed by atoms with Gasteiger partial charge in [-0.2, -0.15) is 11.8 Å². The second-order valence-corrected chi connectivity index (χ2v) is 5.30. The first-order valence-electron chi connectivity index (χ1n) is 5.53. The van der Waals surface area contributed by atoms with E-state index in [1.54, 1.807) is 0 Å². The normalized spacial score (nSPS) is 10.5. The molecule has 0 aromatic carbocycles. The van der Waals surface area contributed by atoms with E-state index in [4.69, 9.17) is 0 Å². The molecular weight excluding hydrogens is 286 g/mol. The number of rotatable bonds is 6. The molecule has 0 fully saturated rings. The average molecular weight is 304 g/mol. The number of hydrogen-bond donors (Lipinski definition) is 1. The Morgan fingerprint density at radius 2 is 2.06 bits per heavy atom. The highest BCUT2D eigenvalue weighted by atomic mass is 79.9. The average Bonchev–Trinajstić information content (AvgIpc) is 2.31. The number of nitrogens with zero attached hydrogens (tertiary/aromatic N) is 2. The molecule has 0 aliphatic rings. The number of halogens is 1. The molecular formula is C11H18BrN3S. The van der Waals surface area contributed by atoms with Crippen molar-refractivity contribution in [1.82, 2.24) is 9.97 Å². The van der Waals surface area contributed by atoms with E-state index in [-0.39, 0.29) is 0 Å². The number of aryl methyl sites for hydroxylation is 1. The van der Waals surface area contributed by atoms with Crippen LogP contribution in [0, 0.1) is 0 Å². The van der Waals surface area contributed by atoms with E-state index in [0.29, 0.717) is 0 Å². The van der Waals surface area contributed by atoms with Gasteiger partial charge in [0.05, 0.1) is 15.9 Å². The number of hydrogen-bond acceptors (Lipinski definition) is 4. The summed E-state index contributed by atoms with van der Waals surface area (Å²) in [7, 11) is 1.88. The lowest BCUT2D eigenvalue weighted by molar-refractivity contribution is 0.929. The van der Waals surface area contributed by atoms with Crippen molar-refractivity contribution in [2.24, 2.45) is 0 Å². The van der Waals surface area contributed by atoms with Crippen LogP contribution < -0.4 is 5.32 Å². The van der Waals surface area contributed by atoms with Gasteiger partial charge >= 0.3 is 0 Å². The van der Waals surface area contributed by atoms with Gasteiger partial charge in [0.25, 0.3) is 0 Å². The molecule has 90 valence electrons. The number of anilines is 1. The summed E-state index contributed by atoms with van der Waals surface area (Å²) in [5, 5.41) is 3.09. The highest BCUT2D eigenvalue weighted by molar-refractivity contribution is 9.10. The Labute approximate surface area is 110 Å². The molecule has 0 unspecified atom stereocenters. The molecule has 1 aromatic rings. The quantitative estimate of drug-likeness (QED) is 0.817. The first kappa shape index (κ1) is 13.8. The van der Waals surface area contributed by atoms with Gasteiger partial charge in [-0.1, -0.05) is 13.8 Å². The third-order valence-electron chi connectivity index (χ3n) is 2.12. The fourth-order valence-corrected chi connectivity index (χ4v) is 2.72. The minimum absolute atomic E-state index is 0.888. The van der Waals surface area contributed by atoms with Crippen LogP contribution >= 0.6 is 27.7 Å². The van der Waals surface area contributed by atoms with E-state index in [2.05, 4.69) is 45.1 Å². The monoisotopic (exact) mass is 303 g/mol. The summed E-state index contributed by atoms with van der Waals surface area (Å²) in [6, 6.07) is 0. The van der Waals surface area contributed by atoms with Crippen LogP contribution in [0.3, 0.4) is 0 Å². The highest BCUT2D eigenvalue weighted by Crippen LogP contribution is 2.24. The third-order valence-corrected chi connectivity index (χ3v) is 4.11. The molecule has 0 aliphatic carbocycles. The molecule has 1 N–H and O–H groups in total. The van der Waals surface area contributed by atoms with Crippen LogP contribution in [-0.4, -0.2) is 22.8 Å². The fourth-order valence-electron chi connectivity index (χ4n) is 1.32. The van der Waals surface area contributed by atoms with Crippen LogP contribution in [0.25, 0.3) is 0 Å². The second kappa shape index (κ2) is 7.12. The molecule has 0 spiro atoms. The highest BCUT2D eigenvalue weighted by Gasteiger charge is 2.09. The zero-order chi connectivity index (χ0) is 12.0. The SMILES string of the molecule is CCCSCc1nc(CC)c(Br)c(NC)n1. The number of aromatic nitrogens is 2. The van der Waals surface area contributed by atoms with E-state index in [9.17, 15) is 0 Å². The van der Waals surface area contributed by atoms with Gasteiger partial charge in [-0.05, 0) is 34.5 Å². The molecule has 0 atom stereocenters. The van der Waals surface area contributed by atoms with Crippen molar-refractivity contribution < 1.29 is 0 Å². The van der Waals surface area contributed by atoms with Gasteiger partial charge in [0, 0.05) is 7.05 Å². The topological polar surface area (TPSA) is 37.8 Å². The first-order chi connectivity index (χ1) is 7.72. The summed E-state index contributed by atoms with van der Waals surface area (Å²) < 4.78 is 0.988. The number of nitrogens with one attached hydrogen (secondary N) is 1. The van der Waals surface area contributed by atoms with Crippen LogP contribution in [0.5, 0.6) is 0 Å². The van der Waals surface area contributed by atoms with Crippen LogP contribution in [0.15, 0.2) is 4.47 Å². The van der Waals surface area contributed by atoms with Crippen LogP contribution in [0.4, 0.5) is 5.82 Å². The van der Waals surface area contributed by atoms with Gasteiger partial charge in [-0.25, -0.2) is 9.97 Å². The van der Waals surface area contributed by atoms with Gasteiger partial charge in [-0.3, -0.25) is 0 Å². The van der Waals surface area contributed by atoms with Crippen molar-refractivity contribution in [3.63, 3.8) is 0 Å². The molecule has 0 saturated heterocycles. The van der Waals surface area contributed by atoms with Gasteiger partial charge in [-0.15, -0.1) is 0 Å². The lowest BCUT2D eigenvalue weighted by Gasteiger charge is -2.09. The summed E-state index contributed by atoms with van der Waals surface area (Å²) in [5.74, 6) is 3.86. The molecule has 0 saturated carbocycles. The predicted octanol–water partition coefficient (Wildman–Crippen LogP) is 3.49. The Hall–Kier alpha value is -0.290. The van der Waals surface area contributed by atoms with E-state index >= 15 is 0 Å². The maximum atomic E-state index is 4.55. The van der Waals surface area contributed by atoms with Crippen molar-refractivity contribution in [1.29, 1.82) is 0 Å². The molecule has 0 aliphatic heterocycles. The van der Waals surface area contributed by atoms with E-state index in [1.807, 2.05) is 18.8 Å². The number of thioether (sulfide) groups is 1. The summed E-state index contributed by atoms with van der Waals surface area (Å²) in [4.78, 5) is 9.03. The Balaban J connectivity index is 2.84. The van der Waals surface area contributed by atoms with Crippen molar-refractivity contribution >= 4 is 33.5 Å². The minimum atomic E-state index is 0.888. The molecule has 3 nitrogen and oxygen atoms in total. The smallest absolute Gasteiger partial charge is 0.144 e. The van der Waals surface area contributed by atoms with Crippen molar-refractivity contribution in [3.05, 3.63) is 16.0 Å². The zero-order valence-corrected chi connectivity index (χ0v) is 12.4. The second-order valence-electron chi connectivity index (χ2n) is 3.41. The van der Waals surface area contributed by atoms with Crippen LogP contribution in [-0.2, 0) is 12.2 Å². The Morgan fingerprint density at radius 3 is 2.62 bits per heavy atom. The van der Waals surface area contributed by atoms with Gasteiger partial charge < -0.3 is 5.32 Å². The van der Waals surface area contributed by atoms with Gasteiger partial charge in [0.2, 0.25) is 0 Å². The summed E-state index contributed by atoms with van der Waals surface area (Å²) in [5.41, 5.74) is 1.08. The van der Waals surface area contributed by atoms with E-state index in [1.165, 1.54) is 6.42 Å². The molecule has 0 bridgehead atoms. The lowest BCUT2D eigenvalue weighted by Crippen LogP contribution is -2.04. The van der Waals surface area contributed by atoms with Crippen LogP contribution in [0.1, 0.15) is 31.8 Å². The van der Waals surface area contributed by atoms with Crippen molar-refractivity contribution in [3.8, 4) is 0 Å². The Bertz CT molecular complexity index is 319. The summed E-state index contributed by atoms with van der Waals surface area (Å²) in [6.45, 7) is 4.29. The van der Waals surface area contributed by atoms with E-state index in [0.717, 1.165) is 39.7 Å². The first-order valence-corrected chi connectivity index (χ1v) is 7.48. The fraction of sp³-hybridized carbons (Fsp3) is 0.636. The maximum Gasteiger partial charge on any atom is 0.144 e. The third kappa shape index (κ3) is 3.63.